The van der Waals surface area contributed by atoms with Crippen LogP contribution in [-0.4, -0.2) is 26.0 Å². The highest BCUT2D eigenvalue weighted by Gasteiger charge is 2.16. The predicted molar refractivity (Wildman–Crippen MR) is 107 cm³/mol. The monoisotopic (exact) mass is 392 g/mol. The van der Waals surface area contributed by atoms with Gasteiger partial charge in [-0.05, 0) is 42.5 Å². The zero-order valence-electron chi connectivity index (χ0n) is 15.3. The van der Waals surface area contributed by atoms with Crippen molar-refractivity contribution in [2.75, 3.05) is 21.0 Å². The minimum absolute atomic E-state index is 0.227. The van der Waals surface area contributed by atoms with Gasteiger partial charge in [0.2, 0.25) is 6.79 Å². The molecule has 1 aliphatic rings. The van der Waals surface area contributed by atoms with Crippen molar-refractivity contribution in [3.63, 3.8) is 0 Å². The molecule has 7 heteroatoms. The topological polar surface area (TPSA) is 73.6 Å². The predicted octanol–water partition coefficient (Wildman–Crippen LogP) is 4.62. The minimum atomic E-state index is 0.227. The van der Waals surface area contributed by atoms with E-state index >= 15 is 0 Å². The molecule has 28 heavy (non-hydrogen) atoms. The fourth-order valence-electron chi connectivity index (χ4n) is 2.84. The maximum atomic E-state index is 9.68. The summed E-state index contributed by atoms with van der Waals surface area (Å²) in [5.41, 5.74) is 2.88. The van der Waals surface area contributed by atoms with E-state index in [1.54, 1.807) is 26.4 Å². The van der Waals surface area contributed by atoms with Crippen LogP contribution in [0.1, 0.15) is 10.6 Å². The van der Waals surface area contributed by atoms with Gasteiger partial charge in [0.15, 0.2) is 11.5 Å². The highest BCUT2D eigenvalue weighted by Crippen LogP contribution is 2.37. The maximum absolute atomic E-state index is 9.68. The first-order chi connectivity index (χ1) is 13.7. The molecule has 2 heterocycles. The van der Waals surface area contributed by atoms with E-state index in [9.17, 15) is 5.26 Å². The van der Waals surface area contributed by atoms with Gasteiger partial charge in [0.25, 0.3) is 0 Å². The number of hydrogen-bond donors (Lipinski definition) is 0. The second-order valence-corrected chi connectivity index (χ2v) is 6.74. The molecule has 140 valence electrons. The van der Waals surface area contributed by atoms with Crippen molar-refractivity contribution in [1.29, 1.82) is 5.26 Å². The SMILES string of the molecule is COc1ccc(OC)c(/C=C(\C#N)c2nc(-c3ccc4c(c3)OCO4)cs2)c1. The summed E-state index contributed by atoms with van der Waals surface area (Å²) >= 11 is 1.41. The molecule has 0 aliphatic carbocycles. The number of fused-ring (bicyclic) bond motifs is 1. The van der Waals surface area contributed by atoms with Crippen molar-refractivity contribution in [3.8, 4) is 40.3 Å². The molecule has 0 bridgehead atoms. The molecule has 0 N–H and O–H groups in total. The maximum Gasteiger partial charge on any atom is 0.231 e. The molecule has 0 saturated carbocycles. The Balaban J connectivity index is 1.69. The molecule has 6 nitrogen and oxygen atoms in total. The van der Waals surface area contributed by atoms with Crippen LogP contribution < -0.4 is 18.9 Å². The molecule has 0 fully saturated rings. The molecule has 1 aromatic heterocycles. The summed E-state index contributed by atoms with van der Waals surface area (Å²) < 4.78 is 21.4. The van der Waals surface area contributed by atoms with Gasteiger partial charge < -0.3 is 18.9 Å². The Hall–Kier alpha value is -3.50. The third-order valence-electron chi connectivity index (χ3n) is 4.26. The van der Waals surface area contributed by atoms with Crippen LogP contribution in [0.25, 0.3) is 22.9 Å². The van der Waals surface area contributed by atoms with Gasteiger partial charge in [-0.25, -0.2) is 4.98 Å². The van der Waals surface area contributed by atoms with Gasteiger partial charge in [0, 0.05) is 16.5 Å². The number of aromatic nitrogens is 1. The number of hydrogen-bond acceptors (Lipinski definition) is 7. The van der Waals surface area contributed by atoms with E-state index in [0.717, 1.165) is 22.6 Å². The van der Waals surface area contributed by atoms with Crippen molar-refractivity contribution >= 4 is 23.0 Å². The Morgan fingerprint density at radius 2 is 2.00 bits per heavy atom. The van der Waals surface area contributed by atoms with Crippen LogP contribution in [0.2, 0.25) is 0 Å². The van der Waals surface area contributed by atoms with Crippen molar-refractivity contribution in [2.24, 2.45) is 0 Å². The third kappa shape index (κ3) is 3.38. The number of allylic oxidation sites excluding steroid dienone is 1. The molecule has 4 rings (SSSR count). The number of thiazole rings is 1. The van der Waals surface area contributed by atoms with E-state index in [0.29, 0.717) is 27.8 Å². The number of ether oxygens (including phenoxy) is 4. The molecule has 0 unspecified atom stereocenters. The number of methoxy groups -OCH3 is 2. The first-order valence-corrected chi connectivity index (χ1v) is 9.29. The summed E-state index contributed by atoms with van der Waals surface area (Å²) in [6, 6.07) is 13.3. The van der Waals surface area contributed by atoms with Crippen LogP contribution in [0.3, 0.4) is 0 Å². The molecule has 0 spiro atoms. The van der Waals surface area contributed by atoms with Gasteiger partial charge in [-0.15, -0.1) is 11.3 Å². The first-order valence-electron chi connectivity index (χ1n) is 8.41. The van der Waals surface area contributed by atoms with Crippen LogP contribution in [0.15, 0.2) is 41.8 Å². The fourth-order valence-corrected chi connectivity index (χ4v) is 3.63. The lowest BCUT2D eigenvalue weighted by atomic mass is 10.1. The lowest BCUT2D eigenvalue weighted by molar-refractivity contribution is 0.174. The van der Waals surface area contributed by atoms with E-state index < -0.39 is 0 Å². The van der Waals surface area contributed by atoms with E-state index in [2.05, 4.69) is 11.1 Å². The van der Waals surface area contributed by atoms with Gasteiger partial charge >= 0.3 is 0 Å². The zero-order valence-corrected chi connectivity index (χ0v) is 16.1. The van der Waals surface area contributed by atoms with Crippen molar-refractivity contribution < 1.29 is 18.9 Å². The van der Waals surface area contributed by atoms with Crippen LogP contribution >= 0.6 is 11.3 Å². The molecule has 3 aromatic rings. The molecule has 0 atom stereocenters. The summed E-state index contributed by atoms with van der Waals surface area (Å²) in [4.78, 5) is 4.63. The van der Waals surface area contributed by atoms with E-state index in [-0.39, 0.29) is 6.79 Å². The summed E-state index contributed by atoms with van der Waals surface area (Å²) in [7, 11) is 3.19. The average Bonchev–Trinajstić information content (AvgIpc) is 3.40. The number of rotatable bonds is 5. The number of nitrogens with zero attached hydrogens (tertiary/aromatic N) is 2. The molecule has 2 aromatic carbocycles. The van der Waals surface area contributed by atoms with Crippen LogP contribution in [0.5, 0.6) is 23.0 Å². The van der Waals surface area contributed by atoms with Crippen molar-refractivity contribution in [1.82, 2.24) is 4.98 Å². The Morgan fingerprint density at radius 3 is 2.79 bits per heavy atom. The Bertz CT molecular complexity index is 1100. The lowest BCUT2D eigenvalue weighted by Crippen LogP contribution is -1.92. The Kier molecular flexibility index (Phi) is 4.87. The van der Waals surface area contributed by atoms with E-state index in [1.807, 2.05) is 35.7 Å². The molecule has 0 amide bonds. The number of nitriles is 1. The van der Waals surface area contributed by atoms with Gasteiger partial charge in [0.1, 0.15) is 22.6 Å². The summed E-state index contributed by atoms with van der Waals surface area (Å²) in [5, 5.41) is 12.2. The first kappa shape index (κ1) is 17.9. The summed E-state index contributed by atoms with van der Waals surface area (Å²) in [6.45, 7) is 0.227. The average molecular weight is 392 g/mol. The van der Waals surface area contributed by atoms with Gasteiger partial charge in [-0.2, -0.15) is 5.26 Å². The Morgan fingerprint density at radius 1 is 1.14 bits per heavy atom. The van der Waals surface area contributed by atoms with Gasteiger partial charge in [-0.3, -0.25) is 0 Å². The standard InChI is InChI=1S/C21H16N2O4S/c1-24-16-4-6-18(25-2)14(8-16)7-15(10-22)21-23-17(11-28-21)13-3-5-19-20(9-13)27-12-26-19/h3-9,11H,12H2,1-2H3/b15-7+. The largest absolute Gasteiger partial charge is 0.497 e. The zero-order chi connectivity index (χ0) is 19.5. The van der Waals surface area contributed by atoms with Gasteiger partial charge in [0.05, 0.1) is 25.5 Å². The van der Waals surface area contributed by atoms with Crippen molar-refractivity contribution in [2.45, 2.75) is 0 Å². The number of benzene rings is 2. The Labute approximate surface area is 166 Å². The van der Waals surface area contributed by atoms with Crippen molar-refractivity contribution in [3.05, 3.63) is 52.3 Å². The molecular formula is C21H16N2O4S. The lowest BCUT2D eigenvalue weighted by Gasteiger charge is -2.07. The second kappa shape index (κ2) is 7.62. The summed E-state index contributed by atoms with van der Waals surface area (Å²) in [5.74, 6) is 2.76. The van der Waals surface area contributed by atoms with Crippen LogP contribution in [0, 0.1) is 11.3 Å². The minimum Gasteiger partial charge on any atom is -0.497 e. The highest BCUT2D eigenvalue weighted by atomic mass is 32.1. The molecule has 1 aliphatic heterocycles. The molecular weight excluding hydrogens is 376 g/mol. The van der Waals surface area contributed by atoms with Crippen LogP contribution in [-0.2, 0) is 0 Å². The van der Waals surface area contributed by atoms with E-state index in [4.69, 9.17) is 18.9 Å². The fraction of sp³-hybridized carbons (Fsp3) is 0.143. The smallest absolute Gasteiger partial charge is 0.231 e. The van der Waals surface area contributed by atoms with Gasteiger partial charge in [-0.1, -0.05) is 0 Å². The molecule has 0 radical (unpaired) electrons. The summed E-state index contributed by atoms with van der Waals surface area (Å²) in [6.07, 6.45) is 1.75. The normalized spacial score (nSPS) is 12.5. The quantitative estimate of drug-likeness (QED) is 0.590. The van der Waals surface area contributed by atoms with E-state index in [1.165, 1.54) is 11.3 Å². The second-order valence-electron chi connectivity index (χ2n) is 5.88. The third-order valence-corrected chi connectivity index (χ3v) is 5.14. The molecule has 0 saturated heterocycles. The highest BCUT2D eigenvalue weighted by molar-refractivity contribution is 7.11. The van der Waals surface area contributed by atoms with Crippen LogP contribution in [0.4, 0.5) is 0 Å².